The average molecular weight is 360 g/mol. The predicted molar refractivity (Wildman–Crippen MR) is 91.4 cm³/mol. The van der Waals surface area contributed by atoms with Gasteiger partial charge in [-0.2, -0.15) is 13.2 Å². The van der Waals surface area contributed by atoms with Gasteiger partial charge in [0.2, 0.25) is 5.91 Å². The van der Waals surface area contributed by atoms with E-state index < -0.39 is 23.2 Å². The van der Waals surface area contributed by atoms with Crippen molar-refractivity contribution in [3.63, 3.8) is 0 Å². The molecule has 0 spiro atoms. The summed E-state index contributed by atoms with van der Waals surface area (Å²) < 4.78 is 38.7. The fourth-order valence-corrected chi connectivity index (χ4v) is 2.13. The number of alkyl halides is 3. The fraction of sp³-hybridized carbons (Fsp3) is 0.158. The van der Waals surface area contributed by atoms with Gasteiger partial charge >= 0.3 is 6.18 Å². The molecule has 0 atom stereocenters. The van der Waals surface area contributed by atoms with Crippen molar-refractivity contribution >= 4 is 17.5 Å². The lowest BCUT2D eigenvalue weighted by Gasteiger charge is -2.11. The molecular weight excluding hydrogens is 345 g/mol. The van der Waals surface area contributed by atoms with Crippen LogP contribution >= 0.6 is 0 Å². The standard InChI is InChI=1S/C19H15F3N2O2/c1-13(25)24-15-10-8-14(9-11-15)5-4-12-23-18(26)16-6-2-3-7-17(16)19(20,21)22/h2-3,6-11H,12H2,1H3,(H,23,26)(H,24,25). The fourth-order valence-electron chi connectivity index (χ4n) is 2.13. The van der Waals surface area contributed by atoms with Crippen molar-refractivity contribution < 1.29 is 22.8 Å². The lowest BCUT2D eigenvalue weighted by Crippen LogP contribution is -2.26. The Morgan fingerprint density at radius 1 is 1.04 bits per heavy atom. The highest BCUT2D eigenvalue weighted by molar-refractivity contribution is 5.96. The van der Waals surface area contributed by atoms with Gasteiger partial charge in [-0.3, -0.25) is 9.59 Å². The zero-order valence-electron chi connectivity index (χ0n) is 13.8. The van der Waals surface area contributed by atoms with Crippen molar-refractivity contribution in [1.82, 2.24) is 5.32 Å². The van der Waals surface area contributed by atoms with Crippen molar-refractivity contribution in [1.29, 1.82) is 0 Å². The van der Waals surface area contributed by atoms with Gasteiger partial charge in [-0.05, 0) is 36.4 Å². The molecule has 2 aromatic carbocycles. The van der Waals surface area contributed by atoms with Crippen LogP contribution in [-0.2, 0) is 11.0 Å². The van der Waals surface area contributed by atoms with Crippen LogP contribution in [0.5, 0.6) is 0 Å². The first-order valence-corrected chi connectivity index (χ1v) is 7.58. The van der Waals surface area contributed by atoms with Crippen LogP contribution in [0, 0.1) is 11.8 Å². The highest BCUT2D eigenvalue weighted by Gasteiger charge is 2.34. The molecule has 0 saturated heterocycles. The zero-order valence-corrected chi connectivity index (χ0v) is 13.8. The number of halogens is 3. The first kappa shape index (κ1) is 19.1. The molecule has 0 aliphatic rings. The molecule has 0 aliphatic carbocycles. The van der Waals surface area contributed by atoms with Crippen LogP contribution in [0.25, 0.3) is 0 Å². The first-order valence-electron chi connectivity index (χ1n) is 7.58. The minimum atomic E-state index is -4.60. The van der Waals surface area contributed by atoms with Crippen molar-refractivity contribution in [2.45, 2.75) is 13.1 Å². The summed E-state index contributed by atoms with van der Waals surface area (Å²) in [6.07, 6.45) is -4.60. The van der Waals surface area contributed by atoms with E-state index in [0.29, 0.717) is 11.3 Å². The van der Waals surface area contributed by atoms with Crippen LogP contribution in [0.3, 0.4) is 0 Å². The topological polar surface area (TPSA) is 58.2 Å². The SMILES string of the molecule is CC(=O)Nc1ccc(C#CCNC(=O)c2ccccc2C(F)(F)F)cc1. The second-order valence-corrected chi connectivity index (χ2v) is 5.29. The van der Waals surface area contributed by atoms with Crippen LogP contribution in [-0.4, -0.2) is 18.4 Å². The Balaban J connectivity index is 1.98. The van der Waals surface area contributed by atoms with Crippen molar-refractivity contribution in [3.05, 3.63) is 65.2 Å². The van der Waals surface area contributed by atoms with E-state index in [4.69, 9.17) is 0 Å². The molecule has 0 saturated carbocycles. The van der Waals surface area contributed by atoms with E-state index in [1.807, 2.05) is 0 Å². The number of nitrogens with one attached hydrogen (secondary N) is 2. The summed E-state index contributed by atoms with van der Waals surface area (Å²) >= 11 is 0. The number of anilines is 1. The maximum atomic E-state index is 12.9. The van der Waals surface area contributed by atoms with E-state index in [1.165, 1.54) is 19.1 Å². The first-order chi connectivity index (χ1) is 12.3. The molecule has 0 bridgehead atoms. The molecule has 2 amide bonds. The van der Waals surface area contributed by atoms with Crippen molar-refractivity contribution in [2.75, 3.05) is 11.9 Å². The van der Waals surface area contributed by atoms with Crippen LogP contribution in [0.15, 0.2) is 48.5 Å². The summed E-state index contributed by atoms with van der Waals surface area (Å²) in [6.45, 7) is 1.30. The number of amides is 2. The van der Waals surface area contributed by atoms with Gasteiger partial charge in [-0.25, -0.2) is 0 Å². The van der Waals surface area contributed by atoms with Crippen LogP contribution < -0.4 is 10.6 Å². The molecule has 26 heavy (non-hydrogen) atoms. The van der Waals surface area contributed by atoms with Crippen molar-refractivity contribution in [3.8, 4) is 11.8 Å². The second kappa shape index (κ2) is 8.21. The van der Waals surface area contributed by atoms with Gasteiger partial charge in [0.05, 0.1) is 17.7 Å². The Hall–Kier alpha value is -3.27. The summed E-state index contributed by atoms with van der Waals surface area (Å²) in [4.78, 5) is 22.9. The Labute approximate surface area is 148 Å². The van der Waals surface area contributed by atoms with Crippen molar-refractivity contribution in [2.24, 2.45) is 0 Å². The van der Waals surface area contributed by atoms with Gasteiger partial charge in [0.15, 0.2) is 0 Å². The normalized spacial score (nSPS) is 10.5. The number of benzene rings is 2. The lowest BCUT2D eigenvalue weighted by molar-refractivity contribution is -0.138. The molecule has 2 N–H and O–H groups in total. The van der Waals surface area contributed by atoms with Gasteiger partial charge in [0.1, 0.15) is 0 Å². The smallest absolute Gasteiger partial charge is 0.341 e. The summed E-state index contributed by atoms with van der Waals surface area (Å²) in [6, 6.07) is 11.3. The molecule has 2 rings (SSSR count). The largest absolute Gasteiger partial charge is 0.417 e. The van der Waals surface area contributed by atoms with Gasteiger partial charge < -0.3 is 10.6 Å². The lowest BCUT2D eigenvalue weighted by atomic mass is 10.1. The summed E-state index contributed by atoms with van der Waals surface area (Å²) in [5.41, 5.74) is -0.162. The van der Waals surface area contributed by atoms with Gasteiger partial charge in [0.25, 0.3) is 5.91 Å². The molecule has 0 aliphatic heterocycles. The summed E-state index contributed by atoms with van der Waals surface area (Å²) in [5.74, 6) is 4.42. The van der Waals surface area contributed by atoms with E-state index in [1.54, 1.807) is 24.3 Å². The number of rotatable bonds is 3. The van der Waals surface area contributed by atoms with E-state index in [-0.39, 0.29) is 12.5 Å². The molecule has 0 heterocycles. The van der Waals surface area contributed by atoms with Crippen LogP contribution in [0.1, 0.15) is 28.4 Å². The molecule has 2 aromatic rings. The third-order valence-electron chi connectivity index (χ3n) is 3.25. The maximum absolute atomic E-state index is 12.9. The molecule has 0 aromatic heterocycles. The van der Waals surface area contributed by atoms with Crippen LogP contribution in [0.4, 0.5) is 18.9 Å². The van der Waals surface area contributed by atoms with Gasteiger partial charge in [-0.1, -0.05) is 24.0 Å². The molecule has 0 fully saturated rings. The second-order valence-electron chi connectivity index (χ2n) is 5.29. The van der Waals surface area contributed by atoms with E-state index in [9.17, 15) is 22.8 Å². The molecule has 0 radical (unpaired) electrons. The quantitative estimate of drug-likeness (QED) is 0.824. The Morgan fingerprint density at radius 2 is 1.69 bits per heavy atom. The highest BCUT2D eigenvalue weighted by atomic mass is 19.4. The Morgan fingerprint density at radius 3 is 2.31 bits per heavy atom. The highest BCUT2D eigenvalue weighted by Crippen LogP contribution is 2.31. The number of carbonyl (C=O) groups excluding carboxylic acids is 2. The predicted octanol–water partition coefficient (Wildman–Crippen LogP) is 3.45. The third-order valence-corrected chi connectivity index (χ3v) is 3.25. The summed E-state index contributed by atoms with van der Waals surface area (Å²) in [5, 5.41) is 4.96. The number of hydrogen-bond donors (Lipinski definition) is 2. The molecule has 134 valence electrons. The third kappa shape index (κ3) is 5.38. The number of hydrogen-bond acceptors (Lipinski definition) is 2. The Bertz CT molecular complexity index is 863. The average Bonchev–Trinajstić information content (AvgIpc) is 2.58. The van der Waals surface area contributed by atoms with Gasteiger partial charge in [0, 0.05) is 18.2 Å². The molecule has 0 unspecified atom stereocenters. The molecule has 7 heteroatoms. The van der Waals surface area contributed by atoms with E-state index in [2.05, 4.69) is 22.5 Å². The maximum Gasteiger partial charge on any atom is 0.417 e. The number of carbonyl (C=O) groups is 2. The molecular formula is C19H15F3N2O2. The zero-order chi connectivity index (χ0) is 19.2. The van der Waals surface area contributed by atoms with E-state index >= 15 is 0 Å². The Kier molecular flexibility index (Phi) is 6.02. The van der Waals surface area contributed by atoms with Crippen LogP contribution in [0.2, 0.25) is 0 Å². The van der Waals surface area contributed by atoms with Gasteiger partial charge in [-0.15, -0.1) is 0 Å². The van der Waals surface area contributed by atoms with E-state index in [0.717, 1.165) is 12.1 Å². The minimum Gasteiger partial charge on any atom is -0.341 e. The minimum absolute atomic E-state index is 0.0987. The summed E-state index contributed by atoms with van der Waals surface area (Å²) in [7, 11) is 0. The monoisotopic (exact) mass is 360 g/mol. The molecule has 4 nitrogen and oxygen atoms in total.